The van der Waals surface area contributed by atoms with Crippen LogP contribution in [0.1, 0.15) is 51.6 Å². The van der Waals surface area contributed by atoms with E-state index in [1.54, 1.807) is 6.20 Å². The molecule has 5 heteroatoms. The summed E-state index contributed by atoms with van der Waals surface area (Å²) < 4.78 is 6.17. The Bertz CT molecular complexity index is 479. The molecular formula is C15H26N2O2Si. The maximum atomic E-state index is 10.3. The highest BCUT2D eigenvalue weighted by Gasteiger charge is 2.40. The molecule has 1 aliphatic rings. The quantitative estimate of drug-likeness (QED) is 0.865. The van der Waals surface area contributed by atoms with Crippen molar-refractivity contribution in [3.05, 3.63) is 23.8 Å². The van der Waals surface area contributed by atoms with Crippen molar-refractivity contribution in [2.75, 3.05) is 0 Å². The van der Waals surface area contributed by atoms with Crippen LogP contribution >= 0.6 is 0 Å². The summed E-state index contributed by atoms with van der Waals surface area (Å²) in [6, 6.07) is 1.87. The van der Waals surface area contributed by atoms with Crippen LogP contribution in [0.2, 0.25) is 18.1 Å². The maximum absolute atomic E-state index is 10.3. The number of hydrogen-bond acceptors (Lipinski definition) is 4. The molecule has 1 aromatic rings. The molecule has 0 aliphatic heterocycles. The van der Waals surface area contributed by atoms with E-state index in [9.17, 15) is 5.11 Å². The van der Waals surface area contributed by atoms with Gasteiger partial charge < -0.3 is 9.53 Å². The molecule has 2 rings (SSSR count). The van der Waals surface area contributed by atoms with Crippen LogP contribution in [0, 0.1) is 0 Å². The van der Waals surface area contributed by atoms with Crippen molar-refractivity contribution in [3.8, 4) is 0 Å². The van der Waals surface area contributed by atoms with E-state index in [4.69, 9.17) is 4.43 Å². The molecule has 0 saturated heterocycles. The summed E-state index contributed by atoms with van der Waals surface area (Å²) in [6.45, 7) is 11.6. The van der Waals surface area contributed by atoms with E-state index in [2.05, 4.69) is 43.8 Å². The Morgan fingerprint density at radius 3 is 2.50 bits per heavy atom. The molecule has 1 heterocycles. The van der Waals surface area contributed by atoms with Gasteiger partial charge in [0.1, 0.15) is 5.60 Å². The smallest absolute Gasteiger partial charge is 0.192 e. The second-order valence-electron chi connectivity index (χ2n) is 7.31. The Balaban J connectivity index is 2.06. The van der Waals surface area contributed by atoms with Crippen LogP contribution in [0.5, 0.6) is 0 Å². The van der Waals surface area contributed by atoms with Gasteiger partial charge in [-0.25, -0.2) is 9.97 Å². The molecule has 0 aromatic carbocycles. The van der Waals surface area contributed by atoms with Crippen molar-refractivity contribution in [1.82, 2.24) is 9.97 Å². The molecule has 0 unspecified atom stereocenters. The number of aromatic nitrogens is 2. The fourth-order valence-electron chi connectivity index (χ4n) is 1.91. The van der Waals surface area contributed by atoms with E-state index < -0.39 is 13.9 Å². The van der Waals surface area contributed by atoms with Crippen LogP contribution in [0.25, 0.3) is 0 Å². The van der Waals surface area contributed by atoms with Crippen molar-refractivity contribution in [3.63, 3.8) is 0 Å². The highest BCUT2D eigenvalue weighted by Crippen LogP contribution is 2.39. The Hall–Kier alpha value is -0.783. The Morgan fingerprint density at radius 1 is 1.35 bits per heavy atom. The molecule has 20 heavy (non-hydrogen) atoms. The highest BCUT2D eigenvalue weighted by molar-refractivity contribution is 6.74. The monoisotopic (exact) mass is 294 g/mol. The second kappa shape index (κ2) is 5.20. The summed E-state index contributed by atoms with van der Waals surface area (Å²) in [6.07, 6.45) is 4.30. The minimum Gasteiger partial charge on any atom is -0.411 e. The molecule has 1 N–H and O–H groups in total. The third-order valence-corrected chi connectivity index (χ3v) is 9.18. The Labute approximate surface area is 122 Å². The van der Waals surface area contributed by atoms with Gasteiger partial charge in [0.2, 0.25) is 0 Å². The van der Waals surface area contributed by atoms with Crippen LogP contribution in [0.3, 0.4) is 0 Å². The summed E-state index contributed by atoms with van der Waals surface area (Å²) in [5, 5.41) is 10.5. The molecule has 0 radical (unpaired) electrons. The average Bonchev–Trinajstić information content (AvgIpc) is 2.32. The van der Waals surface area contributed by atoms with Gasteiger partial charge >= 0.3 is 0 Å². The van der Waals surface area contributed by atoms with Crippen molar-refractivity contribution < 1.29 is 9.53 Å². The maximum Gasteiger partial charge on any atom is 0.192 e. The first-order valence-corrected chi connectivity index (χ1v) is 10.2. The van der Waals surface area contributed by atoms with E-state index in [0.29, 0.717) is 12.4 Å². The third kappa shape index (κ3) is 3.10. The molecular weight excluding hydrogens is 268 g/mol. The standard InChI is InChI=1S/C15H26N2O2Si/c1-14(2,3)20(4,5)19-11-12-7-10-16-13(17-12)15(18)8-6-9-15/h7,10,18H,6,8-9,11H2,1-5H3. The molecule has 0 amide bonds. The SMILES string of the molecule is CC(C)(C)[Si](C)(C)OCc1ccnc(C2(O)CCC2)n1. The molecule has 1 aliphatic carbocycles. The molecule has 1 saturated carbocycles. The Morgan fingerprint density at radius 2 is 2.00 bits per heavy atom. The molecule has 4 nitrogen and oxygen atoms in total. The molecule has 1 aromatic heterocycles. The van der Waals surface area contributed by atoms with Gasteiger partial charge in [0.25, 0.3) is 0 Å². The minimum absolute atomic E-state index is 0.190. The summed E-state index contributed by atoms with van der Waals surface area (Å²) in [5.41, 5.74) is 0.0626. The lowest BCUT2D eigenvalue weighted by molar-refractivity contribution is -0.0470. The number of nitrogens with zero attached hydrogens (tertiary/aromatic N) is 2. The van der Waals surface area contributed by atoms with Gasteiger partial charge in [-0.2, -0.15) is 0 Å². The summed E-state index contributed by atoms with van der Waals surface area (Å²) in [5.74, 6) is 0.556. The first-order chi connectivity index (χ1) is 9.14. The fourth-order valence-corrected chi connectivity index (χ4v) is 2.85. The van der Waals surface area contributed by atoms with Gasteiger partial charge in [0, 0.05) is 6.20 Å². The number of hydrogen-bond donors (Lipinski definition) is 1. The van der Waals surface area contributed by atoms with Crippen LogP contribution in [0.15, 0.2) is 12.3 Å². The zero-order valence-corrected chi connectivity index (χ0v) is 14.2. The lowest BCUT2D eigenvalue weighted by Gasteiger charge is -2.36. The predicted octanol–water partition coefficient (Wildman–Crippen LogP) is 3.37. The van der Waals surface area contributed by atoms with E-state index >= 15 is 0 Å². The van der Waals surface area contributed by atoms with E-state index in [0.717, 1.165) is 25.0 Å². The summed E-state index contributed by atoms with van der Waals surface area (Å²) in [7, 11) is -1.77. The van der Waals surface area contributed by atoms with Crippen molar-refractivity contribution in [2.24, 2.45) is 0 Å². The first-order valence-electron chi connectivity index (χ1n) is 7.33. The van der Waals surface area contributed by atoms with Gasteiger partial charge in [-0.15, -0.1) is 0 Å². The molecule has 0 spiro atoms. The van der Waals surface area contributed by atoms with Crippen molar-refractivity contribution in [1.29, 1.82) is 0 Å². The molecule has 1 fully saturated rings. The fraction of sp³-hybridized carbons (Fsp3) is 0.733. The van der Waals surface area contributed by atoms with Crippen LogP contribution in [-0.2, 0) is 16.6 Å². The van der Waals surface area contributed by atoms with E-state index in [1.807, 2.05) is 6.07 Å². The van der Waals surface area contributed by atoms with Crippen molar-refractivity contribution >= 4 is 8.32 Å². The van der Waals surface area contributed by atoms with Crippen molar-refractivity contribution in [2.45, 2.75) is 70.4 Å². The second-order valence-corrected chi connectivity index (χ2v) is 12.1. The van der Waals surface area contributed by atoms with Gasteiger partial charge in [0.05, 0.1) is 12.3 Å². The molecule has 0 atom stereocenters. The van der Waals surface area contributed by atoms with Crippen LogP contribution in [-0.4, -0.2) is 23.4 Å². The minimum atomic E-state index is -1.77. The van der Waals surface area contributed by atoms with Gasteiger partial charge in [-0.3, -0.25) is 0 Å². The normalized spacial score (nSPS) is 18.7. The third-order valence-electron chi connectivity index (χ3n) is 4.70. The predicted molar refractivity (Wildman–Crippen MR) is 81.8 cm³/mol. The summed E-state index contributed by atoms with van der Waals surface area (Å²) in [4.78, 5) is 8.71. The van der Waals surface area contributed by atoms with E-state index in [1.165, 1.54) is 0 Å². The molecule has 0 bridgehead atoms. The zero-order valence-electron chi connectivity index (χ0n) is 13.2. The lowest BCUT2D eigenvalue weighted by atomic mass is 9.79. The van der Waals surface area contributed by atoms with Crippen LogP contribution in [0.4, 0.5) is 0 Å². The largest absolute Gasteiger partial charge is 0.411 e. The summed E-state index contributed by atoms with van der Waals surface area (Å²) >= 11 is 0. The van der Waals surface area contributed by atoms with Crippen LogP contribution < -0.4 is 0 Å². The highest BCUT2D eigenvalue weighted by atomic mass is 28.4. The molecule has 112 valence electrons. The van der Waals surface area contributed by atoms with Gasteiger partial charge in [-0.1, -0.05) is 20.8 Å². The zero-order chi connectivity index (χ0) is 15.0. The average molecular weight is 294 g/mol. The topological polar surface area (TPSA) is 55.2 Å². The van der Waals surface area contributed by atoms with Gasteiger partial charge in [0.15, 0.2) is 14.1 Å². The lowest BCUT2D eigenvalue weighted by Crippen LogP contribution is -2.40. The Kier molecular flexibility index (Phi) is 4.06. The van der Waals surface area contributed by atoms with Gasteiger partial charge in [-0.05, 0) is 43.5 Å². The number of aliphatic hydroxyl groups is 1. The first kappa shape index (κ1) is 15.6. The van der Waals surface area contributed by atoms with E-state index in [-0.39, 0.29) is 5.04 Å². The number of rotatable bonds is 4.